The van der Waals surface area contributed by atoms with Crippen molar-refractivity contribution in [2.45, 2.75) is 31.9 Å². The van der Waals surface area contributed by atoms with E-state index in [1.165, 1.54) is 12.1 Å². The van der Waals surface area contributed by atoms with Crippen LogP contribution in [-0.2, 0) is 6.18 Å². The van der Waals surface area contributed by atoms with Gasteiger partial charge in [-0.2, -0.15) is 13.2 Å². The molecule has 2 aromatic rings. The fraction of sp³-hybridized carbons (Fsp3) is 0.278. The van der Waals surface area contributed by atoms with Crippen LogP contribution in [0.25, 0.3) is 0 Å². The Morgan fingerprint density at radius 3 is 2.09 bits per heavy atom. The van der Waals surface area contributed by atoms with Crippen LogP contribution in [0.4, 0.5) is 13.2 Å². The lowest BCUT2D eigenvalue weighted by Gasteiger charge is -2.16. The maximum absolute atomic E-state index is 12.6. The predicted molar refractivity (Wildman–Crippen MR) is 79.9 cm³/mol. The molecule has 0 aliphatic carbocycles. The second-order valence-electron chi connectivity index (χ2n) is 5.22. The van der Waals surface area contributed by atoms with Gasteiger partial charge in [0.15, 0.2) is 5.78 Å². The zero-order valence-electron chi connectivity index (χ0n) is 12.2. The Morgan fingerprint density at radius 2 is 1.59 bits per heavy atom. The van der Waals surface area contributed by atoms with E-state index in [0.717, 1.165) is 17.7 Å². The first-order valence-corrected chi connectivity index (χ1v) is 7.17. The molecular formula is C18H17F3O. The first-order chi connectivity index (χ1) is 10.4. The van der Waals surface area contributed by atoms with Gasteiger partial charge in [0.1, 0.15) is 0 Å². The molecule has 0 fully saturated rings. The third-order valence-electron chi connectivity index (χ3n) is 3.73. The van der Waals surface area contributed by atoms with Gasteiger partial charge in [-0.1, -0.05) is 49.4 Å². The van der Waals surface area contributed by atoms with E-state index in [4.69, 9.17) is 0 Å². The van der Waals surface area contributed by atoms with Crippen molar-refractivity contribution in [1.82, 2.24) is 0 Å². The van der Waals surface area contributed by atoms with Gasteiger partial charge in [0.2, 0.25) is 0 Å². The molecule has 116 valence electrons. The van der Waals surface area contributed by atoms with Crippen LogP contribution in [0.15, 0.2) is 54.6 Å². The number of carbonyl (C=O) groups is 1. The predicted octanol–water partition coefficient (Wildman–Crippen LogP) is 5.47. The molecule has 0 saturated heterocycles. The Morgan fingerprint density at radius 1 is 1.00 bits per heavy atom. The molecule has 2 aromatic carbocycles. The van der Waals surface area contributed by atoms with Crippen molar-refractivity contribution in [3.05, 3.63) is 71.3 Å². The molecular weight excluding hydrogens is 289 g/mol. The fourth-order valence-corrected chi connectivity index (χ4v) is 2.41. The zero-order chi connectivity index (χ0) is 16.2. The van der Waals surface area contributed by atoms with Crippen molar-refractivity contribution in [1.29, 1.82) is 0 Å². The average molecular weight is 306 g/mol. The summed E-state index contributed by atoms with van der Waals surface area (Å²) in [6, 6.07) is 14.0. The molecule has 1 unspecified atom stereocenters. The van der Waals surface area contributed by atoms with Gasteiger partial charge in [-0.05, 0) is 30.0 Å². The minimum atomic E-state index is -4.33. The number of halogens is 3. The van der Waals surface area contributed by atoms with Gasteiger partial charge in [0.05, 0.1) is 5.56 Å². The molecule has 0 aliphatic heterocycles. The summed E-state index contributed by atoms with van der Waals surface area (Å²) in [7, 11) is 0. The van der Waals surface area contributed by atoms with Crippen LogP contribution in [0, 0.1) is 0 Å². The fourth-order valence-electron chi connectivity index (χ4n) is 2.41. The molecule has 1 atom stereocenters. The molecule has 0 bridgehead atoms. The normalized spacial score (nSPS) is 12.9. The first-order valence-electron chi connectivity index (χ1n) is 7.17. The van der Waals surface area contributed by atoms with Crippen LogP contribution in [0.2, 0.25) is 0 Å². The van der Waals surface area contributed by atoms with Gasteiger partial charge in [-0.25, -0.2) is 0 Å². The van der Waals surface area contributed by atoms with Crippen molar-refractivity contribution in [2.75, 3.05) is 0 Å². The van der Waals surface area contributed by atoms with Crippen LogP contribution < -0.4 is 0 Å². The monoisotopic (exact) mass is 306 g/mol. The highest BCUT2D eigenvalue weighted by Crippen LogP contribution is 2.31. The molecule has 22 heavy (non-hydrogen) atoms. The molecule has 0 spiro atoms. The standard InChI is InChI=1S/C18H17F3O/c1-2-13(12-17(22)15-6-4-3-5-7-15)14-8-10-16(11-9-14)18(19,20)21/h3-11,13H,2,12H2,1H3. The molecule has 0 amide bonds. The second kappa shape index (κ2) is 6.77. The summed E-state index contributed by atoms with van der Waals surface area (Å²) in [5.41, 5.74) is 0.730. The summed E-state index contributed by atoms with van der Waals surface area (Å²) < 4.78 is 37.7. The number of ketones is 1. The van der Waals surface area contributed by atoms with E-state index >= 15 is 0 Å². The molecule has 0 aliphatic rings. The van der Waals surface area contributed by atoms with Crippen LogP contribution >= 0.6 is 0 Å². The molecule has 0 N–H and O–H groups in total. The lowest BCUT2D eigenvalue weighted by Crippen LogP contribution is -2.08. The molecule has 4 heteroatoms. The summed E-state index contributed by atoms with van der Waals surface area (Å²) in [4.78, 5) is 12.2. The summed E-state index contributed by atoms with van der Waals surface area (Å²) in [5, 5.41) is 0. The van der Waals surface area contributed by atoms with Crippen LogP contribution in [-0.4, -0.2) is 5.78 Å². The number of hydrogen-bond acceptors (Lipinski definition) is 1. The van der Waals surface area contributed by atoms with Gasteiger partial charge in [0, 0.05) is 12.0 Å². The largest absolute Gasteiger partial charge is 0.416 e. The Bertz CT molecular complexity index is 615. The van der Waals surface area contributed by atoms with Crippen molar-refractivity contribution < 1.29 is 18.0 Å². The Kier molecular flexibility index (Phi) is 5.01. The lowest BCUT2D eigenvalue weighted by atomic mass is 9.89. The first kappa shape index (κ1) is 16.3. The van der Waals surface area contributed by atoms with Crippen molar-refractivity contribution in [3.63, 3.8) is 0 Å². The number of carbonyl (C=O) groups excluding carboxylic acids is 1. The Labute approximate surface area is 127 Å². The lowest BCUT2D eigenvalue weighted by molar-refractivity contribution is -0.137. The summed E-state index contributed by atoms with van der Waals surface area (Å²) in [5.74, 6) is -0.0673. The van der Waals surface area contributed by atoms with Gasteiger partial charge in [-0.3, -0.25) is 4.79 Å². The highest BCUT2D eigenvalue weighted by molar-refractivity contribution is 5.96. The maximum atomic E-state index is 12.6. The van der Waals surface area contributed by atoms with Crippen molar-refractivity contribution in [3.8, 4) is 0 Å². The molecule has 2 rings (SSSR count). The number of hydrogen-bond donors (Lipinski definition) is 0. The van der Waals surface area contributed by atoms with E-state index in [0.29, 0.717) is 18.4 Å². The SMILES string of the molecule is CCC(CC(=O)c1ccccc1)c1ccc(C(F)(F)F)cc1. The van der Waals surface area contributed by atoms with E-state index in [-0.39, 0.29) is 11.7 Å². The van der Waals surface area contributed by atoms with Gasteiger partial charge < -0.3 is 0 Å². The van der Waals surface area contributed by atoms with Crippen molar-refractivity contribution in [2.24, 2.45) is 0 Å². The minimum Gasteiger partial charge on any atom is -0.294 e. The maximum Gasteiger partial charge on any atom is 0.416 e. The smallest absolute Gasteiger partial charge is 0.294 e. The van der Waals surface area contributed by atoms with Crippen LogP contribution in [0.1, 0.15) is 47.2 Å². The third kappa shape index (κ3) is 3.97. The number of Topliss-reactive ketones (excluding diaryl/α,β-unsaturated/α-hetero) is 1. The highest BCUT2D eigenvalue weighted by atomic mass is 19.4. The Hall–Kier alpha value is -2.10. The number of benzene rings is 2. The van der Waals surface area contributed by atoms with Gasteiger partial charge in [0.25, 0.3) is 0 Å². The van der Waals surface area contributed by atoms with E-state index in [1.54, 1.807) is 24.3 Å². The van der Waals surface area contributed by atoms with E-state index in [1.807, 2.05) is 13.0 Å². The average Bonchev–Trinajstić information content (AvgIpc) is 2.52. The minimum absolute atomic E-state index is 0.00680. The summed E-state index contributed by atoms with van der Waals surface area (Å²) in [6.07, 6.45) is -3.34. The molecule has 0 heterocycles. The number of rotatable bonds is 5. The third-order valence-corrected chi connectivity index (χ3v) is 3.73. The zero-order valence-corrected chi connectivity index (χ0v) is 12.2. The van der Waals surface area contributed by atoms with Crippen molar-refractivity contribution >= 4 is 5.78 Å². The van der Waals surface area contributed by atoms with Gasteiger partial charge >= 0.3 is 6.18 Å². The topological polar surface area (TPSA) is 17.1 Å². The van der Waals surface area contributed by atoms with E-state index in [2.05, 4.69) is 0 Å². The van der Waals surface area contributed by atoms with E-state index < -0.39 is 11.7 Å². The highest BCUT2D eigenvalue weighted by Gasteiger charge is 2.30. The summed E-state index contributed by atoms with van der Waals surface area (Å²) in [6.45, 7) is 1.93. The van der Waals surface area contributed by atoms with E-state index in [9.17, 15) is 18.0 Å². The molecule has 1 nitrogen and oxygen atoms in total. The van der Waals surface area contributed by atoms with Crippen LogP contribution in [0.5, 0.6) is 0 Å². The van der Waals surface area contributed by atoms with Gasteiger partial charge in [-0.15, -0.1) is 0 Å². The molecule has 0 aromatic heterocycles. The Balaban J connectivity index is 2.13. The molecule has 0 saturated carbocycles. The molecule has 0 radical (unpaired) electrons. The second-order valence-corrected chi connectivity index (χ2v) is 5.22. The number of alkyl halides is 3. The van der Waals surface area contributed by atoms with Crippen LogP contribution in [0.3, 0.4) is 0 Å². The quantitative estimate of drug-likeness (QED) is 0.669. The summed E-state index contributed by atoms with van der Waals surface area (Å²) >= 11 is 0.